The van der Waals surface area contributed by atoms with Crippen molar-refractivity contribution in [1.82, 2.24) is 5.43 Å². The third-order valence-corrected chi connectivity index (χ3v) is 3.97. The van der Waals surface area contributed by atoms with Crippen LogP contribution in [0.5, 0.6) is 0 Å². The minimum absolute atomic E-state index is 0.111. The van der Waals surface area contributed by atoms with E-state index in [0.717, 1.165) is 0 Å². The number of nitrogens with one attached hydrogen (secondary N) is 1. The van der Waals surface area contributed by atoms with Crippen molar-refractivity contribution in [1.29, 1.82) is 0 Å². The lowest BCUT2D eigenvalue weighted by Gasteiger charge is -2.19. The molecule has 1 aliphatic heterocycles. The second-order valence-electron chi connectivity index (χ2n) is 4.89. The monoisotopic (exact) mass is 368 g/mol. The summed E-state index contributed by atoms with van der Waals surface area (Å²) in [5.41, 5.74) is 10.2. The number of hydrazine groups is 1. The van der Waals surface area contributed by atoms with Gasteiger partial charge in [-0.05, 0) is 36.4 Å². The minimum atomic E-state index is -0.217. The summed E-state index contributed by atoms with van der Waals surface area (Å²) in [4.78, 5) is 16.6. The fraction of sp³-hybridized carbons (Fsp3) is 0.0667. The van der Waals surface area contributed by atoms with Crippen LogP contribution in [0.25, 0.3) is 0 Å². The van der Waals surface area contributed by atoms with Gasteiger partial charge in [0.05, 0.1) is 22.2 Å². The Morgan fingerprint density at radius 3 is 2.30 bits per heavy atom. The standard InChI is InChI=1S/C15H11Cl3N4O/c16-8-5-11(17)15(12(18)6-8)22-14(23)7-13(21-22)20-10-3-1-9(19)2-4-10/h1-6H,7,19H2,(H,20,21). The van der Waals surface area contributed by atoms with Crippen LogP contribution in [0.4, 0.5) is 17.1 Å². The van der Waals surface area contributed by atoms with Gasteiger partial charge in [0.25, 0.3) is 5.91 Å². The quantitative estimate of drug-likeness (QED) is 0.779. The molecule has 3 N–H and O–H groups in total. The van der Waals surface area contributed by atoms with E-state index in [0.29, 0.717) is 27.9 Å². The Kier molecular flexibility index (Phi) is 4.35. The number of anilines is 2. The van der Waals surface area contributed by atoms with E-state index >= 15 is 0 Å². The van der Waals surface area contributed by atoms with Gasteiger partial charge < -0.3 is 5.73 Å². The summed E-state index contributed by atoms with van der Waals surface area (Å²) >= 11 is 18.2. The fourth-order valence-corrected chi connectivity index (χ4v) is 3.14. The number of aliphatic imine (C=N–C) groups is 1. The average Bonchev–Trinajstić information content (AvgIpc) is 2.81. The largest absolute Gasteiger partial charge is 0.399 e. The van der Waals surface area contributed by atoms with Crippen LogP contribution in [0, 0.1) is 0 Å². The van der Waals surface area contributed by atoms with Gasteiger partial charge in [0.2, 0.25) is 0 Å². The molecule has 0 radical (unpaired) electrons. The lowest BCUT2D eigenvalue weighted by Crippen LogP contribution is -2.36. The van der Waals surface area contributed by atoms with Crippen LogP contribution in [-0.4, -0.2) is 11.7 Å². The molecular formula is C15H11Cl3N4O. The predicted molar refractivity (Wildman–Crippen MR) is 94.7 cm³/mol. The van der Waals surface area contributed by atoms with Crippen molar-refractivity contribution in [3.05, 3.63) is 51.5 Å². The van der Waals surface area contributed by atoms with Crippen molar-refractivity contribution in [3.8, 4) is 0 Å². The molecule has 8 heteroatoms. The van der Waals surface area contributed by atoms with Gasteiger partial charge in [0, 0.05) is 10.7 Å². The number of amides is 1. The first-order valence-corrected chi connectivity index (χ1v) is 7.74. The summed E-state index contributed by atoms with van der Waals surface area (Å²) in [6, 6.07) is 10.0. The molecule has 0 saturated carbocycles. The molecule has 1 amide bonds. The maximum atomic E-state index is 12.2. The summed E-state index contributed by atoms with van der Waals surface area (Å²) in [5, 5.41) is 2.22. The molecule has 1 fully saturated rings. The molecule has 1 aliphatic rings. The van der Waals surface area contributed by atoms with Crippen LogP contribution in [0.3, 0.4) is 0 Å². The SMILES string of the molecule is Nc1ccc(N=C2CC(=O)N(c3c(Cl)cc(Cl)cc3Cl)N2)cc1. The van der Waals surface area contributed by atoms with E-state index in [2.05, 4.69) is 10.4 Å². The number of nitrogen functional groups attached to an aromatic ring is 1. The van der Waals surface area contributed by atoms with Crippen LogP contribution < -0.4 is 16.2 Å². The van der Waals surface area contributed by atoms with Crippen LogP contribution in [0.2, 0.25) is 15.1 Å². The zero-order valence-corrected chi connectivity index (χ0v) is 14.0. The molecule has 5 nitrogen and oxygen atoms in total. The number of benzene rings is 2. The summed E-state index contributed by atoms with van der Waals surface area (Å²) in [6.07, 6.45) is 0.111. The number of nitrogens with two attached hydrogens (primary N) is 1. The Hall–Kier alpha value is -1.95. The summed E-state index contributed by atoms with van der Waals surface area (Å²) in [6.45, 7) is 0. The van der Waals surface area contributed by atoms with Crippen LogP contribution in [0.1, 0.15) is 6.42 Å². The number of nitrogens with zero attached hydrogens (tertiary/aromatic N) is 2. The number of rotatable bonds is 2. The Labute approximate surface area is 147 Å². The van der Waals surface area contributed by atoms with Gasteiger partial charge in [-0.1, -0.05) is 34.8 Å². The zero-order chi connectivity index (χ0) is 16.6. The number of carbonyl (C=O) groups excluding carboxylic acids is 1. The molecule has 3 rings (SSSR count). The first-order valence-electron chi connectivity index (χ1n) is 6.61. The molecule has 0 aliphatic carbocycles. The van der Waals surface area contributed by atoms with E-state index in [1.807, 2.05) is 0 Å². The van der Waals surface area contributed by atoms with Gasteiger partial charge in [-0.15, -0.1) is 0 Å². The van der Waals surface area contributed by atoms with Crippen molar-refractivity contribution in [2.45, 2.75) is 6.42 Å². The first-order chi connectivity index (χ1) is 10.9. The molecule has 2 aromatic rings. The summed E-state index contributed by atoms with van der Waals surface area (Å²) < 4.78 is 0. The normalized spacial score (nSPS) is 16.0. The maximum Gasteiger partial charge on any atom is 0.253 e. The van der Waals surface area contributed by atoms with E-state index in [-0.39, 0.29) is 22.4 Å². The predicted octanol–water partition coefficient (Wildman–Crippen LogP) is 4.20. The van der Waals surface area contributed by atoms with Crippen LogP contribution >= 0.6 is 34.8 Å². The Balaban J connectivity index is 1.90. The van der Waals surface area contributed by atoms with E-state index < -0.39 is 0 Å². The lowest BCUT2D eigenvalue weighted by molar-refractivity contribution is -0.116. The third kappa shape index (κ3) is 3.37. The van der Waals surface area contributed by atoms with Crippen molar-refractivity contribution < 1.29 is 4.79 Å². The summed E-state index contributed by atoms with van der Waals surface area (Å²) in [7, 11) is 0. The smallest absolute Gasteiger partial charge is 0.253 e. The molecule has 0 aromatic heterocycles. The van der Waals surface area contributed by atoms with Crippen molar-refractivity contribution in [2.75, 3.05) is 10.7 Å². The van der Waals surface area contributed by atoms with Crippen LogP contribution in [0.15, 0.2) is 41.4 Å². The van der Waals surface area contributed by atoms with Gasteiger partial charge in [-0.25, -0.2) is 10.0 Å². The number of amidine groups is 1. The number of carbonyl (C=O) groups is 1. The highest BCUT2D eigenvalue weighted by atomic mass is 35.5. The molecule has 0 unspecified atom stereocenters. The van der Waals surface area contributed by atoms with Gasteiger partial charge in [-0.3, -0.25) is 10.2 Å². The molecule has 23 heavy (non-hydrogen) atoms. The highest BCUT2D eigenvalue weighted by molar-refractivity contribution is 6.42. The molecule has 2 aromatic carbocycles. The number of halogens is 3. The zero-order valence-electron chi connectivity index (χ0n) is 11.7. The van der Waals surface area contributed by atoms with Crippen molar-refractivity contribution >= 4 is 63.6 Å². The van der Waals surface area contributed by atoms with Crippen molar-refractivity contribution in [3.63, 3.8) is 0 Å². The second kappa shape index (κ2) is 6.28. The fourth-order valence-electron chi connectivity index (χ4n) is 2.15. The Morgan fingerprint density at radius 2 is 1.70 bits per heavy atom. The van der Waals surface area contributed by atoms with Gasteiger partial charge >= 0.3 is 0 Å². The molecular weight excluding hydrogens is 359 g/mol. The minimum Gasteiger partial charge on any atom is -0.399 e. The van der Waals surface area contributed by atoms with E-state index in [1.54, 1.807) is 24.3 Å². The van der Waals surface area contributed by atoms with E-state index in [1.165, 1.54) is 17.1 Å². The topological polar surface area (TPSA) is 70.7 Å². The Bertz CT molecular complexity index is 782. The van der Waals surface area contributed by atoms with Gasteiger partial charge in [-0.2, -0.15) is 0 Å². The molecule has 1 heterocycles. The van der Waals surface area contributed by atoms with Crippen LogP contribution in [-0.2, 0) is 4.79 Å². The molecule has 1 saturated heterocycles. The number of hydrogen-bond donors (Lipinski definition) is 2. The average molecular weight is 370 g/mol. The second-order valence-corrected chi connectivity index (χ2v) is 6.14. The van der Waals surface area contributed by atoms with Gasteiger partial charge in [0.15, 0.2) is 0 Å². The van der Waals surface area contributed by atoms with E-state index in [9.17, 15) is 4.79 Å². The third-order valence-electron chi connectivity index (χ3n) is 3.17. The van der Waals surface area contributed by atoms with E-state index in [4.69, 9.17) is 40.5 Å². The first kappa shape index (κ1) is 15.9. The Morgan fingerprint density at radius 1 is 1.09 bits per heavy atom. The molecule has 0 atom stereocenters. The maximum absolute atomic E-state index is 12.2. The highest BCUT2D eigenvalue weighted by Crippen LogP contribution is 2.37. The van der Waals surface area contributed by atoms with Gasteiger partial charge in [0.1, 0.15) is 11.5 Å². The summed E-state index contributed by atoms with van der Waals surface area (Å²) in [5.74, 6) is 0.271. The molecule has 0 bridgehead atoms. The highest BCUT2D eigenvalue weighted by Gasteiger charge is 2.30. The number of hydrogen-bond acceptors (Lipinski definition) is 3. The molecule has 118 valence electrons. The molecule has 0 spiro atoms. The van der Waals surface area contributed by atoms with Crippen molar-refractivity contribution in [2.24, 2.45) is 4.99 Å². The lowest BCUT2D eigenvalue weighted by atomic mass is 10.3.